The van der Waals surface area contributed by atoms with Crippen molar-refractivity contribution in [3.63, 3.8) is 0 Å². The van der Waals surface area contributed by atoms with Crippen molar-refractivity contribution in [3.8, 4) is 11.5 Å². The molecular weight excluding hydrogens is 240 g/mol. The Hall–Kier alpha value is -1.42. The van der Waals surface area contributed by atoms with E-state index in [1.807, 2.05) is 19.0 Å². The van der Waals surface area contributed by atoms with Crippen LogP contribution in [0.25, 0.3) is 0 Å². The summed E-state index contributed by atoms with van der Waals surface area (Å²) in [6.45, 7) is 2.13. The highest BCUT2D eigenvalue weighted by atomic mass is 16.5. The smallest absolute Gasteiger partial charge is 0.142 e. The van der Waals surface area contributed by atoms with Crippen molar-refractivity contribution in [2.45, 2.75) is 18.8 Å². The normalized spacial score (nSPS) is 19.1. The molecule has 0 saturated carbocycles. The molecule has 1 saturated heterocycles. The Kier molecular flexibility index (Phi) is 4.53. The molecule has 4 heteroatoms. The van der Waals surface area contributed by atoms with Crippen molar-refractivity contribution in [1.29, 1.82) is 0 Å². The lowest BCUT2D eigenvalue weighted by atomic mass is 9.90. The number of hydrogen-bond acceptors (Lipinski definition) is 4. The fraction of sp³-hybridized carbons (Fsp3) is 0.600. The molecule has 106 valence electrons. The number of nitrogens with zero attached hydrogens (tertiary/aromatic N) is 1. The van der Waals surface area contributed by atoms with Crippen LogP contribution in [0.4, 0.5) is 5.69 Å². The van der Waals surface area contributed by atoms with E-state index in [1.165, 1.54) is 18.4 Å². The minimum atomic E-state index is 0.508. The van der Waals surface area contributed by atoms with Gasteiger partial charge in [0.25, 0.3) is 0 Å². The number of benzene rings is 1. The Balaban J connectivity index is 2.41. The van der Waals surface area contributed by atoms with Gasteiger partial charge in [-0.2, -0.15) is 0 Å². The molecule has 0 spiro atoms. The lowest BCUT2D eigenvalue weighted by molar-refractivity contribution is 0.384. The van der Waals surface area contributed by atoms with Gasteiger partial charge in [0, 0.05) is 38.2 Å². The highest BCUT2D eigenvalue weighted by molar-refractivity contribution is 5.64. The Morgan fingerprint density at radius 1 is 1.16 bits per heavy atom. The molecule has 1 heterocycles. The maximum atomic E-state index is 5.58. The van der Waals surface area contributed by atoms with E-state index in [-0.39, 0.29) is 0 Å². The summed E-state index contributed by atoms with van der Waals surface area (Å²) >= 11 is 0. The Bertz CT molecular complexity index is 426. The molecule has 1 aromatic carbocycles. The van der Waals surface area contributed by atoms with E-state index in [0.717, 1.165) is 30.3 Å². The second-order valence-electron chi connectivity index (χ2n) is 5.20. The van der Waals surface area contributed by atoms with Gasteiger partial charge in [0.05, 0.1) is 19.9 Å². The molecule has 0 radical (unpaired) electrons. The van der Waals surface area contributed by atoms with Crippen LogP contribution in [0.15, 0.2) is 12.1 Å². The second kappa shape index (κ2) is 6.15. The van der Waals surface area contributed by atoms with Crippen LogP contribution in [-0.2, 0) is 0 Å². The summed E-state index contributed by atoms with van der Waals surface area (Å²) in [6.07, 6.45) is 2.42. The lowest BCUT2D eigenvalue weighted by Crippen LogP contribution is -2.28. The van der Waals surface area contributed by atoms with Crippen LogP contribution < -0.4 is 19.7 Å². The van der Waals surface area contributed by atoms with Gasteiger partial charge in [-0.25, -0.2) is 0 Å². The van der Waals surface area contributed by atoms with E-state index >= 15 is 0 Å². The highest BCUT2D eigenvalue weighted by Crippen LogP contribution is 2.39. The van der Waals surface area contributed by atoms with Gasteiger partial charge in [-0.05, 0) is 25.5 Å². The standard InChI is InChI=1S/C15H24N2O2/c1-17(2)13-9-14(18-3)12(8-15(13)19-4)11-6-5-7-16-10-11/h8-9,11,16H,5-7,10H2,1-4H3. The minimum Gasteiger partial charge on any atom is -0.496 e. The van der Waals surface area contributed by atoms with Gasteiger partial charge in [0.15, 0.2) is 0 Å². The molecule has 1 aliphatic rings. The van der Waals surface area contributed by atoms with E-state index < -0.39 is 0 Å². The van der Waals surface area contributed by atoms with Crippen LogP contribution in [0.1, 0.15) is 24.3 Å². The fourth-order valence-electron chi connectivity index (χ4n) is 2.69. The molecule has 0 aliphatic carbocycles. The molecule has 4 nitrogen and oxygen atoms in total. The molecule has 1 aromatic rings. The summed E-state index contributed by atoms with van der Waals surface area (Å²) in [5, 5.41) is 3.45. The van der Waals surface area contributed by atoms with Crippen molar-refractivity contribution < 1.29 is 9.47 Å². The van der Waals surface area contributed by atoms with Gasteiger partial charge >= 0.3 is 0 Å². The van der Waals surface area contributed by atoms with Crippen LogP contribution >= 0.6 is 0 Å². The summed E-state index contributed by atoms with van der Waals surface area (Å²) in [6, 6.07) is 4.20. The van der Waals surface area contributed by atoms with Crippen molar-refractivity contribution in [2.75, 3.05) is 46.3 Å². The molecule has 0 aromatic heterocycles. The van der Waals surface area contributed by atoms with Gasteiger partial charge in [0.1, 0.15) is 11.5 Å². The number of hydrogen-bond donors (Lipinski definition) is 1. The number of ether oxygens (including phenoxy) is 2. The average molecular weight is 264 g/mol. The third-order valence-electron chi connectivity index (χ3n) is 3.75. The predicted octanol–water partition coefficient (Wildman–Crippen LogP) is 2.24. The van der Waals surface area contributed by atoms with Gasteiger partial charge < -0.3 is 19.7 Å². The number of nitrogens with one attached hydrogen (secondary N) is 1. The monoisotopic (exact) mass is 264 g/mol. The van der Waals surface area contributed by atoms with Gasteiger partial charge in [-0.1, -0.05) is 0 Å². The zero-order valence-corrected chi connectivity index (χ0v) is 12.3. The summed E-state index contributed by atoms with van der Waals surface area (Å²) < 4.78 is 11.1. The van der Waals surface area contributed by atoms with Gasteiger partial charge in [-0.3, -0.25) is 0 Å². The maximum absolute atomic E-state index is 5.58. The first-order valence-corrected chi connectivity index (χ1v) is 6.81. The Labute approximate surface area is 115 Å². The lowest BCUT2D eigenvalue weighted by Gasteiger charge is -2.27. The summed E-state index contributed by atoms with van der Waals surface area (Å²) in [5.74, 6) is 2.37. The zero-order chi connectivity index (χ0) is 13.8. The second-order valence-corrected chi connectivity index (χ2v) is 5.20. The zero-order valence-electron chi connectivity index (χ0n) is 12.3. The highest BCUT2D eigenvalue weighted by Gasteiger charge is 2.21. The van der Waals surface area contributed by atoms with Crippen LogP contribution in [0.3, 0.4) is 0 Å². The Morgan fingerprint density at radius 2 is 1.89 bits per heavy atom. The molecule has 1 N–H and O–H groups in total. The first kappa shape index (κ1) is 14.0. The molecule has 0 bridgehead atoms. The topological polar surface area (TPSA) is 33.7 Å². The van der Waals surface area contributed by atoms with E-state index in [9.17, 15) is 0 Å². The summed E-state index contributed by atoms with van der Waals surface area (Å²) in [7, 11) is 7.48. The average Bonchev–Trinajstić information content (AvgIpc) is 2.46. The number of rotatable bonds is 4. The molecule has 1 aliphatic heterocycles. The molecule has 19 heavy (non-hydrogen) atoms. The largest absolute Gasteiger partial charge is 0.496 e. The SMILES string of the molecule is COc1cc(N(C)C)c(OC)cc1C1CCCNC1. The van der Waals surface area contributed by atoms with E-state index in [0.29, 0.717) is 5.92 Å². The number of anilines is 1. The number of piperidine rings is 1. The molecule has 1 unspecified atom stereocenters. The maximum Gasteiger partial charge on any atom is 0.142 e. The summed E-state index contributed by atoms with van der Waals surface area (Å²) in [4.78, 5) is 2.05. The van der Waals surface area contributed by atoms with Crippen molar-refractivity contribution >= 4 is 5.69 Å². The molecule has 1 atom stereocenters. The van der Waals surface area contributed by atoms with Crippen LogP contribution in [0.2, 0.25) is 0 Å². The Morgan fingerprint density at radius 3 is 2.42 bits per heavy atom. The first-order chi connectivity index (χ1) is 9.17. The molecular formula is C15H24N2O2. The third-order valence-corrected chi connectivity index (χ3v) is 3.75. The minimum absolute atomic E-state index is 0.508. The molecule has 1 fully saturated rings. The summed E-state index contributed by atoms with van der Waals surface area (Å²) in [5.41, 5.74) is 2.30. The van der Waals surface area contributed by atoms with Crippen molar-refractivity contribution in [2.24, 2.45) is 0 Å². The van der Waals surface area contributed by atoms with Crippen molar-refractivity contribution in [1.82, 2.24) is 5.32 Å². The van der Waals surface area contributed by atoms with Gasteiger partial charge in [-0.15, -0.1) is 0 Å². The first-order valence-electron chi connectivity index (χ1n) is 6.81. The fourth-order valence-corrected chi connectivity index (χ4v) is 2.69. The number of methoxy groups -OCH3 is 2. The van der Waals surface area contributed by atoms with Crippen LogP contribution in [-0.4, -0.2) is 41.4 Å². The predicted molar refractivity (Wildman–Crippen MR) is 78.7 cm³/mol. The quantitative estimate of drug-likeness (QED) is 0.904. The molecule has 0 amide bonds. The third kappa shape index (κ3) is 2.95. The van der Waals surface area contributed by atoms with Crippen molar-refractivity contribution in [3.05, 3.63) is 17.7 Å². The van der Waals surface area contributed by atoms with Crippen LogP contribution in [0.5, 0.6) is 11.5 Å². The van der Waals surface area contributed by atoms with Crippen LogP contribution in [0, 0.1) is 0 Å². The van der Waals surface area contributed by atoms with E-state index in [1.54, 1.807) is 14.2 Å². The van der Waals surface area contributed by atoms with Gasteiger partial charge in [0.2, 0.25) is 0 Å². The van der Waals surface area contributed by atoms with E-state index in [2.05, 4.69) is 17.4 Å². The molecule has 2 rings (SSSR count). The van der Waals surface area contributed by atoms with E-state index in [4.69, 9.17) is 9.47 Å².